The van der Waals surface area contributed by atoms with Gasteiger partial charge in [-0.3, -0.25) is 14.5 Å². The Bertz CT molecular complexity index is 907. The standard InChI is InChI=1S/C22H25ClN4O2/c1-16(25-26-21(28)15-27-11-3-2-4-12-27)17-7-6-10-20(14-17)24-22(29)18-8-5-9-19(23)13-18/h5-10,13-14H,2-4,11-12,15H2,1H3,(H,24,29)(H,26,28)/b25-16-. The van der Waals surface area contributed by atoms with Crippen LogP contribution < -0.4 is 10.7 Å². The number of carbonyl (C=O) groups is 2. The number of hydrogen-bond donors (Lipinski definition) is 2. The van der Waals surface area contributed by atoms with Crippen LogP contribution in [0.15, 0.2) is 53.6 Å². The lowest BCUT2D eigenvalue weighted by molar-refractivity contribution is -0.122. The van der Waals surface area contributed by atoms with Gasteiger partial charge in [-0.1, -0.05) is 36.2 Å². The molecule has 2 amide bonds. The zero-order valence-electron chi connectivity index (χ0n) is 16.5. The highest BCUT2D eigenvalue weighted by molar-refractivity contribution is 6.31. The van der Waals surface area contributed by atoms with Crippen LogP contribution in [0.4, 0.5) is 5.69 Å². The molecular weight excluding hydrogens is 388 g/mol. The fourth-order valence-corrected chi connectivity index (χ4v) is 3.41. The van der Waals surface area contributed by atoms with E-state index in [4.69, 9.17) is 11.6 Å². The molecule has 0 radical (unpaired) electrons. The van der Waals surface area contributed by atoms with Gasteiger partial charge in [-0.25, -0.2) is 5.43 Å². The van der Waals surface area contributed by atoms with Crippen LogP contribution >= 0.6 is 11.6 Å². The van der Waals surface area contributed by atoms with E-state index in [0.29, 0.717) is 28.5 Å². The molecule has 2 N–H and O–H groups in total. The van der Waals surface area contributed by atoms with Crippen molar-refractivity contribution in [3.8, 4) is 0 Å². The number of benzene rings is 2. The zero-order valence-corrected chi connectivity index (χ0v) is 17.2. The molecule has 0 unspecified atom stereocenters. The maximum Gasteiger partial charge on any atom is 0.255 e. The molecule has 0 atom stereocenters. The summed E-state index contributed by atoms with van der Waals surface area (Å²) < 4.78 is 0. The van der Waals surface area contributed by atoms with Gasteiger partial charge in [0.05, 0.1) is 12.3 Å². The van der Waals surface area contributed by atoms with Gasteiger partial charge in [-0.15, -0.1) is 0 Å². The lowest BCUT2D eigenvalue weighted by Gasteiger charge is -2.25. The molecule has 2 aromatic rings. The molecule has 3 rings (SSSR count). The SMILES string of the molecule is C/C(=N/NC(=O)CN1CCCCC1)c1cccc(NC(=O)c2cccc(Cl)c2)c1. The number of nitrogens with one attached hydrogen (secondary N) is 2. The molecule has 29 heavy (non-hydrogen) atoms. The molecule has 1 fully saturated rings. The summed E-state index contributed by atoms with van der Waals surface area (Å²) in [5.41, 5.74) is 5.23. The quantitative estimate of drug-likeness (QED) is 0.557. The molecule has 0 aromatic heterocycles. The van der Waals surface area contributed by atoms with E-state index in [9.17, 15) is 9.59 Å². The average Bonchev–Trinajstić information content (AvgIpc) is 2.73. The van der Waals surface area contributed by atoms with E-state index < -0.39 is 0 Å². The lowest BCUT2D eigenvalue weighted by atomic mass is 10.1. The van der Waals surface area contributed by atoms with Crippen LogP contribution in [0.1, 0.15) is 42.1 Å². The van der Waals surface area contributed by atoms with Gasteiger partial charge in [0, 0.05) is 16.3 Å². The Labute approximate surface area is 175 Å². The predicted molar refractivity (Wildman–Crippen MR) is 116 cm³/mol. The van der Waals surface area contributed by atoms with Crippen LogP contribution in [0.3, 0.4) is 0 Å². The Morgan fingerprint density at radius 2 is 1.76 bits per heavy atom. The van der Waals surface area contributed by atoms with E-state index >= 15 is 0 Å². The number of piperidine rings is 1. The van der Waals surface area contributed by atoms with Crippen molar-refractivity contribution in [2.24, 2.45) is 5.10 Å². The molecule has 1 saturated heterocycles. The van der Waals surface area contributed by atoms with Crippen LogP contribution in [0.25, 0.3) is 0 Å². The second-order valence-corrected chi connectivity index (χ2v) is 7.55. The van der Waals surface area contributed by atoms with E-state index in [0.717, 1.165) is 31.5 Å². The second-order valence-electron chi connectivity index (χ2n) is 7.11. The first-order chi connectivity index (χ1) is 14.0. The van der Waals surface area contributed by atoms with E-state index in [1.807, 2.05) is 25.1 Å². The van der Waals surface area contributed by atoms with Gasteiger partial charge < -0.3 is 5.32 Å². The van der Waals surface area contributed by atoms with E-state index in [2.05, 4.69) is 20.7 Å². The average molecular weight is 413 g/mol. The highest BCUT2D eigenvalue weighted by Gasteiger charge is 2.13. The first-order valence-electron chi connectivity index (χ1n) is 9.74. The third-order valence-electron chi connectivity index (χ3n) is 4.79. The van der Waals surface area contributed by atoms with Gasteiger partial charge in [0.15, 0.2) is 0 Å². The number of amides is 2. The normalized spacial score (nSPS) is 15.0. The van der Waals surface area contributed by atoms with Crippen LogP contribution in [0.5, 0.6) is 0 Å². The fourth-order valence-electron chi connectivity index (χ4n) is 3.22. The third kappa shape index (κ3) is 6.41. The number of anilines is 1. The summed E-state index contributed by atoms with van der Waals surface area (Å²) in [5.74, 6) is -0.356. The molecule has 1 aliphatic heterocycles. The van der Waals surface area contributed by atoms with Gasteiger partial charge >= 0.3 is 0 Å². The molecule has 2 aromatic carbocycles. The molecular formula is C22H25ClN4O2. The second kappa shape index (κ2) is 10.2. The van der Waals surface area contributed by atoms with Crippen molar-refractivity contribution in [2.75, 3.05) is 25.0 Å². The Morgan fingerprint density at radius 1 is 1.03 bits per heavy atom. The maximum absolute atomic E-state index is 12.4. The minimum atomic E-state index is -0.242. The fraction of sp³-hybridized carbons (Fsp3) is 0.318. The molecule has 6 nitrogen and oxygen atoms in total. The largest absolute Gasteiger partial charge is 0.322 e. The van der Waals surface area contributed by atoms with Crippen LogP contribution in [-0.2, 0) is 4.79 Å². The molecule has 0 spiro atoms. The number of nitrogens with zero attached hydrogens (tertiary/aromatic N) is 2. The Kier molecular flexibility index (Phi) is 7.38. The van der Waals surface area contributed by atoms with Gasteiger partial charge in [0.1, 0.15) is 0 Å². The minimum absolute atomic E-state index is 0.114. The van der Waals surface area contributed by atoms with Crippen molar-refractivity contribution in [3.63, 3.8) is 0 Å². The maximum atomic E-state index is 12.4. The molecule has 0 saturated carbocycles. The van der Waals surface area contributed by atoms with Crippen LogP contribution in [0, 0.1) is 0 Å². The number of hydrogen-bond acceptors (Lipinski definition) is 4. The Morgan fingerprint density at radius 3 is 2.52 bits per heavy atom. The third-order valence-corrected chi connectivity index (χ3v) is 5.02. The van der Waals surface area contributed by atoms with E-state index in [1.165, 1.54) is 6.42 Å². The van der Waals surface area contributed by atoms with Crippen molar-refractivity contribution < 1.29 is 9.59 Å². The number of carbonyl (C=O) groups excluding carboxylic acids is 2. The summed E-state index contributed by atoms with van der Waals surface area (Å²) in [7, 11) is 0. The molecule has 1 aliphatic rings. The predicted octanol–water partition coefficient (Wildman–Crippen LogP) is 3.92. The summed E-state index contributed by atoms with van der Waals surface area (Å²) in [6, 6.07) is 14.1. The lowest BCUT2D eigenvalue weighted by Crippen LogP contribution is -2.38. The van der Waals surface area contributed by atoms with E-state index in [-0.39, 0.29) is 11.8 Å². The summed E-state index contributed by atoms with van der Waals surface area (Å²) >= 11 is 5.95. The minimum Gasteiger partial charge on any atom is -0.322 e. The molecule has 1 heterocycles. The zero-order chi connectivity index (χ0) is 20.6. The molecule has 0 aliphatic carbocycles. The first-order valence-corrected chi connectivity index (χ1v) is 10.1. The molecule has 0 bridgehead atoms. The number of hydrazone groups is 1. The van der Waals surface area contributed by atoms with Crippen molar-refractivity contribution in [3.05, 3.63) is 64.7 Å². The van der Waals surface area contributed by atoms with Crippen LogP contribution in [-0.4, -0.2) is 42.1 Å². The monoisotopic (exact) mass is 412 g/mol. The molecule has 152 valence electrons. The Hall–Kier alpha value is -2.70. The van der Waals surface area contributed by atoms with Gasteiger partial charge in [0.25, 0.3) is 11.8 Å². The summed E-state index contributed by atoms with van der Waals surface area (Å²) in [5, 5.41) is 7.57. The summed E-state index contributed by atoms with van der Waals surface area (Å²) in [4.78, 5) is 26.7. The Balaban J connectivity index is 1.59. The van der Waals surface area contributed by atoms with Crippen molar-refractivity contribution >= 4 is 34.8 Å². The topological polar surface area (TPSA) is 73.8 Å². The van der Waals surface area contributed by atoms with E-state index in [1.54, 1.807) is 30.3 Å². The first kappa shape index (κ1) is 21.0. The van der Waals surface area contributed by atoms with Crippen molar-refractivity contribution in [1.82, 2.24) is 10.3 Å². The number of likely N-dealkylation sites (tertiary alicyclic amines) is 1. The molecule has 7 heteroatoms. The van der Waals surface area contributed by atoms with Crippen molar-refractivity contribution in [2.45, 2.75) is 26.2 Å². The van der Waals surface area contributed by atoms with Crippen LogP contribution in [0.2, 0.25) is 5.02 Å². The highest BCUT2D eigenvalue weighted by atomic mass is 35.5. The van der Waals surface area contributed by atoms with Gasteiger partial charge in [-0.05, 0) is 68.8 Å². The van der Waals surface area contributed by atoms with Gasteiger partial charge in [-0.2, -0.15) is 5.10 Å². The van der Waals surface area contributed by atoms with Gasteiger partial charge in [0.2, 0.25) is 0 Å². The summed E-state index contributed by atoms with van der Waals surface area (Å²) in [6.45, 7) is 4.11. The number of halogens is 1. The smallest absolute Gasteiger partial charge is 0.255 e. The number of rotatable bonds is 6. The summed E-state index contributed by atoms with van der Waals surface area (Å²) in [6.07, 6.45) is 3.52. The highest BCUT2D eigenvalue weighted by Crippen LogP contribution is 2.15. The van der Waals surface area contributed by atoms with Crippen molar-refractivity contribution in [1.29, 1.82) is 0 Å².